The summed E-state index contributed by atoms with van der Waals surface area (Å²) >= 11 is 0. The molecule has 0 unspecified atom stereocenters. The number of hydrogen-bond donors (Lipinski definition) is 2. The van der Waals surface area contributed by atoms with Crippen LogP contribution in [0.2, 0.25) is 0 Å². The lowest BCUT2D eigenvalue weighted by atomic mass is 10.1. The van der Waals surface area contributed by atoms with Gasteiger partial charge in [-0.15, -0.1) is 0 Å². The Kier molecular flexibility index (Phi) is 3.73. The molecule has 1 aliphatic rings. The summed E-state index contributed by atoms with van der Waals surface area (Å²) in [6.07, 6.45) is 1.67. The van der Waals surface area contributed by atoms with E-state index in [1.54, 1.807) is 12.1 Å². The number of benzene rings is 2. The van der Waals surface area contributed by atoms with Crippen LogP contribution in [0.4, 0.5) is 17.1 Å². The normalized spacial score (nSPS) is 12.6. The van der Waals surface area contributed by atoms with Crippen molar-refractivity contribution in [2.45, 2.75) is 12.8 Å². The van der Waals surface area contributed by atoms with Crippen molar-refractivity contribution in [3.63, 3.8) is 0 Å². The number of anilines is 2. The van der Waals surface area contributed by atoms with Gasteiger partial charge >= 0.3 is 0 Å². The molecule has 0 bridgehead atoms. The summed E-state index contributed by atoms with van der Waals surface area (Å²) in [4.78, 5) is 10.9. The largest absolute Gasteiger partial charge is 0.384 e. The quantitative estimate of drug-likeness (QED) is 0.653. The Hall–Kier alpha value is -2.56. The molecular formula is C16H17N3O2. The highest BCUT2D eigenvalue weighted by atomic mass is 16.6. The van der Waals surface area contributed by atoms with Crippen LogP contribution in [0, 0.1) is 10.1 Å². The Morgan fingerprint density at radius 3 is 2.76 bits per heavy atom. The molecule has 0 aliphatic carbocycles. The number of rotatable bonds is 5. The van der Waals surface area contributed by atoms with Crippen LogP contribution in [0.1, 0.15) is 11.1 Å². The predicted octanol–water partition coefficient (Wildman–Crippen LogP) is 3.22. The summed E-state index contributed by atoms with van der Waals surface area (Å²) in [6.45, 7) is 1.52. The topological polar surface area (TPSA) is 67.2 Å². The highest BCUT2D eigenvalue weighted by Crippen LogP contribution is 2.36. The van der Waals surface area contributed by atoms with Crippen LogP contribution in [0.15, 0.2) is 42.5 Å². The minimum atomic E-state index is -0.316. The van der Waals surface area contributed by atoms with E-state index in [2.05, 4.69) is 22.8 Å². The molecule has 2 aromatic rings. The van der Waals surface area contributed by atoms with Gasteiger partial charge in [-0.2, -0.15) is 0 Å². The zero-order valence-electron chi connectivity index (χ0n) is 11.6. The van der Waals surface area contributed by atoms with Crippen LogP contribution < -0.4 is 10.6 Å². The minimum Gasteiger partial charge on any atom is -0.384 e. The van der Waals surface area contributed by atoms with E-state index in [-0.39, 0.29) is 10.6 Å². The third-order valence-electron chi connectivity index (χ3n) is 3.74. The van der Waals surface area contributed by atoms with Crippen molar-refractivity contribution in [3.8, 4) is 0 Å². The van der Waals surface area contributed by atoms with Gasteiger partial charge in [-0.1, -0.05) is 30.3 Å². The van der Waals surface area contributed by atoms with E-state index >= 15 is 0 Å². The number of fused-ring (bicyclic) bond motifs is 1. The number of nitrogens with one attached hydrogen (secondary N) is 2. The van der Waals surface area contributed by atoms with E-state index in [4.69, 9.17) is 0 Å². The maximum absolute atomic E-state index is 11.2. The van der Waals surface area contributed by atoms with Gasteiger partial charge in [0.05, 0.1) is 4.92 Å². The lowest BCUT2D eigenvalue weighted by Gasteiger charge is -2.11. The van der Waals surface area contributed by atoms with E-state index < -0.39 is 0 Å². The van der Waals surface area contributed by atoms with Crippen molar-refractivity contribution >= 4 is 17.1 Å². The fourth-order valence-corrected chi connectivity index (χ4v) is 2.71. The van der Waals surface area contributed by atoms with Crippen molar-refractivity contribution in [3.05, 3.63) is 63.7 Å². The van der Waals surface area contributed by atoms with Crippen molar-refractivity contribution < 1.29 is 4.92 Å². The highest BCUT2D eigenvalue weighted by Gasteiger charge is 2.23. The molecule has 0 aromatic heterocycles. The molecule has 0 amide bonds. The molecule has 5 heteroatoms. The number of nitro groups is 1. The zero-order chi connectivity index (χ0) is 14.7. The first-order valence-corrected chi connectivity index (χ1v) is 7.07. The van der Waals surface area contributed by atoms with Gasteiger partial charge in [0.2, 0.25) is 0 Å². The lowest BCUT2D eigenvalue weighted by Crippen LogP contribution is -2.09. The molecular weight excluding hydrogens is 266 g/mol. The van der Waals surface area contributed by atoms with Gasteiger partial charge in [0.1, 0.15) is 5.69 Å². The molecule has 0 saturated carbocycles. The molecule has 1 aliphatic heterocycles. The molecule has 3 rings (SSSR count). The second-order valence-electron chi connectivity index (χ2n) is 5.08. The zero-order valence-corrected chi connectivity index (χ0v) is 11.6. The van der Waals surface area contributed by atoms with Crippen LogP contribution in [0.3, 0.4) is 0 Å². The van der Waals surface area contributed by atoms with Crippen LogP contribution in [-0.4, -0.2) is 18.0 Å². The van der Waals surface area contributed by atoms with E-state index in [0.717, 1.165) is 30.6 Å². The summed E-state index contributed by atoms with van der Waals surface area (Å²) in [6, 6.07) is 13.5. The molecule has 0 radical (unpaired) electrons. The Morgan fingerprint density at radius 2 is 2.00 bits per heavy atom. The summed E-state index contributed by atoms with van der Waals surface area (Å²) in [7, 11) is 0. The summed E-state index contributed by atoms with van der Waals surface area (Å²) in [5.41, 5.74) is 4.07. The summed E-state index contributed by atoms with van der Waals surface area (Å²) in [5.74, 6) is 0. The van der Waals surface area contributed by atoms with E-state index in [0.29, 0.717) is 12.2 Å². The third-order valence-corrected chi connectivity index (χ3v) is 3.74. The maximum atomic E-state index is 11.2. The van der Waals surface area contributed by atoms with Crippen LogP contribution in [0.25, 0.3) is 0 Å². The monoisotopic (exact) mass is 283 g/mol. The first-order chi connectivity index (χ1) is 10.3. The average molecular weight is 283 g/mol. The smallest absolute Gasteiger partial charge is 0.292 e. The molecule has 2 aromatic carbocycles. The number of hydrogen-bond acceptors (Lipinski definition) is 4. The van der Waals surface area contributed by atoms with Crippen LogP contribution >= 0.6 is 0 Å². The molecule has 108 valence electrons. The average Bonchev–Trinajstić information content (AvgIpc) is 2.97. The van der Waals surface area contributed by atoms with Crippen molar-refractivity contribution in [2.75, 3.05) is 23.7 Å². The second kappa shape index (κ2) is 5.83. The number of nitrogens with zero attached hydrogens (tertiary/aromatic N) is 1. The van der Waals surface area contributed by atoms with Gasteiger partial charge < -0.3 is 10.6 Å². The van der Waals surface area contributed by atoms with Gasteiger partial charge in [-0.3, -0.25) is 10.1 Å². The Balaban J connectivity index is 1.78. The molecule has 21 heavy (non-hydrogen) atoms. The summed E-state index contributed by atoms with van der Waals surface area (Å²) in [5, 5.41) is 17.7. The SMILES string of the molecule is O=[N+]([O-])c1ccc2c(c1NCCc1ccccc1)CCN2. The molecule has 0 spiro atoms. The van der Waals surface area contributed by atoms with Crippen molar-refractivity contribution in [1.82, 2.24) is 0 Å². The fraction of sp³-hybridized carbons (Fsp3) is 0.250. The predicted molar refractivity (Wildman–Crippen MR) is 83.9 cm³/mol. The Bertz CT molecular complexity index is 656. The molecule has 2 N–H and O–H groups in total. The molecule has 5 nitrogen and oxygen atoms in total. The van der Waals surface area contributed by atoms with Crippen LogP contribution in [0.5, 0.6) is 0 Å². The first kappa shape index (κ1) is 13.4. The van der Waals surface area contributed by atoms with E-state index in [9.17, 15) is 10.1 Å². The maximum Gasteiger partial charge on any atom is 0.292 e. The van der Waals surface area contributed by atoms with Crippen LogP contribution in [-0.2, 0) is 12.8 Å². The van der Waals surface area contributed by atoms with Gasteiger partial charge in [0, 0.05) is 30.4 Å². The molecule has 0 saturated heterocycles. The Labute approximate surface area is 123 Å². The van der Waals surface area contributed by atoms with E-state index in [1.165, 1.54) is 5.56 Å². The highest BCUT2D eigenvalue weighted by molar-refractivity contribution is 5.77. The summed E-state index contributed by atoms with van der Waals surface area (Å²) < 4.78 is 0. The van der Waals surface area contributed by atoms with E-state index in [1.807, 2.05) is 18.2 Å². The lowest BCUT2D eigenvalue weighted by molar-refractivity contribution is -0.384. The van der Waals surface area contributed by atoms with Crippen molar-refractivity contribution in [2.24, 2.45) is 0 Å². The van der Waals surface area contributed by atoms with Gasteiger partial charge in [-0.05, 0) is 24.5 Å². The molecule has 1 heterocycles. The van der Waals surface area contributed by atoms with Gasteiger partial charge in [0.25, 0.3) is 5.69 Å². The fourth-order valence-electron chi connectivity index (χ4n) is 2.71. The minimum absolute atomic E-state index is 0.158. The second-order valence-corrected chi connectivity index (χ2v) is 5.08. The molecule has 0 fully saturated rings. The van der Waals surface area contributed by atoms with Gasteiger partial charge in [-0.25, -0.2) is 0 Å². The first-order valence-electron chi connectivity index (χ1n) is 7.07. The number of nitro benzene ring substituents is 1. The van der Waals surface area contributed by atoms with Crippen molar-refractivity contribution in [1.29, 1.82) is 0 Å². The molecule has 0 atom stereocenters. The standard InChI is InChI=1S/C16H17N3O2/c20-19(21)15-7-6-14-13(9-11-17-14)16(15)18-10-8-12-4-2-1-3-5-12/h1-7,17-18H,8-11H2. The third kappa shape index (κ3) is 2.81. The van der Waals surface area contributed by atoms with Gasteiger partial charge in [0.15, 0.2) is 0 Å². The Morgan fingerprint density at radius 1 is 1.19 bits per heavy atom.